The first-order chi connectivity index (χ1) is 4.13. The highest BCUT2D eigenvalue weighted by atomic mass is 33.1. The van der Waals surface area contributed by atoms with Crippen LogP contribution < -0.4 is 4.72 Å². The van der Waals surface area contributed by atoms with E-state index in [0.29, 0.717) is 5.25 Å². The van der Waals surface area contributed by atoms with Gasteiger partial charge in [0, 0.05) is 16.2 Å². The fraction of sp³-hybridized carbons (Fsp3) is 0.750. The molecular formula is C4H9NO2S2. The van der Waals surface area contributed by atoms with Gasteiger partial charge in [0.25, 0.3) is 0 Å². The Kier molecular flexibility index (Phi) is 4.80. The van der Waals surface area contributed by atoms with Crippen LogP contribution in [-0.2, 0) is 0 Å². The molecule has 0 radical (unpaired) electrons. The highest BCUT2D eigenvalue weighted by molar-refractivity contribution is 8.76. The minimum absolute atomic E-state index is 0.446. The molecule has 54 valence electrons. The van der Waals surface area contributed by atoms with E-state index < -0.39 is 6.09 Å². The minimum atomic E-state index is -0.992. The van der Waals surface area contributed by atoms with Crippen molar-refractivity contribution in [3.8, 4) is 0 Å². The molecule has 0 rings (SSSR count). The first-order valence-corrected chi connectivity index (χ1v) is 4.65. The number of hydrogen-bond acceptors (Lipinski definition) is 3. The molecule has 0 heterocycles. The van der Waals surface area contributed by atoms with Crippen LogP contribution in [0.2, 0.25) is 0 Å². The van der Waals surface area contributed by atoms with Crippen LogP contribution in [0.25, 0.3) is 0 Å². The molecule has 0 aliphatic carbocycles. The van der Waals surface area contributed by atoms with Crippen molar-refractivity contribution in [1.82, 2.24) is 4.72 Å². The lowest BCUT2D eigenvalue weighted by molar-refractivity contribution is 0.202. The van der Waals surface area contributed by atoms with E-state index >= 15 is 0 Å². The van der Waals surface area contributed by atoms with Crippen LogP contribution in [0.1, 0.15) is 13.8 Å². The fourth-order valence-corrected chi connectivity index (χ4v) is 1.40. The highest BCUT2D eigenvalue weighted by Crippen LogP contribution is 2.22. The molecule has 0 saturated carbocycles. The Labute approximate surface area is 62.1 Å². The molecule has 5 heteroatoms. The summed E-state index contributed by atoms with van der Waals surface area (Å²) in [5.74, 6) is 0. The van der Waals surface area contributed by atoms with Gasteiger partial charge in [-0.2, -0.15) is 0 Å². The summed E-state index contributed by atoms with van der Waals surface area (Å²) in [6, 6.07) is 0. The standard InChI is InChI=1S/C4H9NO2S2/c1-3(2)8-9-5-4(6)7/h3,5H,1-2H3,(H,6,7). The topological polar surface area (TPSA) is 49.3 Å². The Morgan fingerprint density at radius 2 is 2.22 bits per heavy atom. The number of rotatable bonds is 3. The number of amides is 1. The quantitative estimate of drug-likeness (QED) is 0.498. The fourth-order valence-electron chi connectivity index (χ4n) is 0.156. The van der Waals surface area contributed by atoms with Crippen molar-refractivity contribution < 1.29 is 9.90 Å². The summed E-state index contributed by atoms with van der Waals surface area (Å²) >= 11 is 0. The van der Waals surface area contributed by atoms with Crippen molar-refractivity contribution >= 4 is 27.9 Å². The van der Waals surface area contributed by atoms with Gasteiger partial charge in [-0.15, -0.1) is 0 Å². The lowest BCUT2D eigenvalue weighted by atomic mass is 10.6. The van der Waals surface area contributed by atoms with E-state index in [4.69, 9.17) is 5.11 Å². The lowest BCUT2D eigenvalue weighted by Crippen LogP contribution is -2.10. The van der Waals surface area contributed by atoms with Gasteiger partial charge in [0.2, 0.25) is 0 Å². The molecule has 0 aromatic rings. The Hall–Kier alpha value is -0.0300. The number of hydrogen-bond donors (Lipinski definition) is 2. The van der Waals surface area contributed by atoms with Crippen LogP contribution in [-0.4, -0.2) is 16.4 Å². The van der Waals surface area contributed by atoms with Crippen LogP contribution in [0.5, 0.6) is 0 Å². The predicted molar refractivity (Wildman–Crippen MR) is 41.5 cm³/mol. The zero-order valence-corrected chi connectivity index (χ0v) is 6.88. The molecule has 2 N–H and O–H groups in total. The molecule has 0 fully saturated rings. The molecule has 0 unspecified atom stereocenters. The van der Waals surface area contributed by atoms with E-state index in [-0.39, 0.29) is 0 Å². The Morgan fingerprint density at radius 1 is 1.67 bits per heavy atom. The zero-order chi connectivity index (χ0) is 7.28. The number of carbonyl (C=O) groups is 1. The van der Waals surface area contributed by atoms with E-state index in [1.54, 1.807) is 0 Å². The second-order valence-corrected chi connectivity index (χ2v) is 4.22. The summed E-state index contributed by atoms with van der Waals surface area (Å²) in [6.45, 7) is 4.00. The molecule has 0 spiro atoms. The molecule has 0 bridgehead atoms. The largest absolute Gasteiger partial charge is 0.464 e. The van der Waals surface area contributed by atoms with Crippen LogP contribution in [0.4, 0.5) is 4.79 Å². The van der Waals surface area contributed by atoms with Crippen molar-refractivity contribution in [3.63, 3.8) is 0 Å². The van der Waals surface area contributed by atoms with E-state index in [2.05, 4.69) is 4.72 Å². The summed E-state index contributed by atoms with van der Waals surface area (Å²) in [4.78, 5) is 9.84. The first kappa shape index (κ1) is 8.97. The van der Waals surface area contributed by atoms with Gasteiger partial charge in [0.05, 0.1) is 0 Å². The first-order valence-electron chi connectivity index (χ1n) is 2.44. The van der Waals surface area contributed by atoms with E-state index in [0.717, 1.165) is 11.0 Å². The third-order valence-electron chi connectivity index (χ3n) is 0.370. The van der Waals surface area contributed by atoms with Crippen molar-refractivity contribution in [1.29, 1.82) is 0 Å². The summed E-state index contributed by atoms with van der Waals surface area (Å²) in [5.41, 5.74) is 0. The average Bonchev–Trinajstić information content (AvgIpc) is 1.63. The molecule has 0 aromatic carbocycles. The third-order valence-corrected chi connectivity index (χ3v) is 2.80. The number of nitrogens with one attached hydrogen (secondary N) is 1. The molecule has 0 aromatic heterocycles. The predicted octanol–water partition coefficient (Wildman–Crippen LogP) is 1.96. The van der Waals surface area contributed by atoms with Crippen molar-refractivity contribution in [2.75, 3.05) is 0 Å². The van der Waals surface area contributed by atoms with Crippen molar-refractivity contribution in [2.24, 2.45) is 0 Å². The summed E-state index contributed by atoms with van der Waals surface area (Å²) in [5, 5.41) is 8.53. The van der Waals surface area contributed by atoms with Gasteiger partial charge in [-0.25, -0.2) is 4.79 Å². The maximum Gasteiger partial charge on any atom is 0.415 e. The summed E-state index contributed by atoms with van der Waals surface area (Å²) in [7, 11) is 2.62. The van der Waals surface area contributed by atoms with Gasteiger partial charge >= 0.3 is 6.09 Å². The maximum atomic E-state index is 9.84. The maximum absolute atomic E-state index is 9.84. The average molecular weight is 167 g/mol. The van der Waals surface area contributed by atoms with E-state index in [1.807, 2.05) is 13.8 Å². The number of carboxylic acid groups (broad SMARTS) is 1. The Morgan fingerprint density at radius 3 is 2.56 bits per heavy atom. The van der Waals surface area contributed by atoms with E-state index in [1.165, 1.54) is 10.8 Å². The lowest BCUT2D eigenvalue weighted by Gasteiger charge is -2.00. The van der Waals surface area contributed by atoms with Gasteiger partial charge in [-0.3, -0.25) is 4.72 Å². The van der Waals surface area contributed by atoms with Gasteiger partial charge in [-0.05, 0) is 0 Å². The Balaban J connectivity index is 3.01. The van der Waals surface area contributed by atoms with E-state index in [9.17, 15) is 4.79 Å². The molecule has 0 atom stereocenters. The van der Waals surface area contributed by atoms with Crippen molar-refractivity contribution in [2.45, 2.75) is 19.1 Å². The zero-order valence-electron chi connectivity index (χ0n) is 5.25. The van der Waals surface area contributed by atoms with Gasteiger partial charge < -0.3 is 5.11 Å². The van der Waals surface area contributed by atoms with Crippen LogP contribution in [0.3, 0.4) is 0 Å². The molecule has 0 aliphatic rings. The summed E-state index contributed by atoms with van der Waals surface area (Å²) < 4.78 is 2.17. The van der Waals surface area contributed by atoms with Crippen LogP contribution >= 0.6 is 21.8 Å². The van der Waals surface area contributed by atoms with Crippen LogP contribution in [0.15, 0.2) is 0 Å². The molecule has 0 saturated heterocycles. The SMILES string of the molecule is CC(C)SSNC(=O)O. The molecule has 0 aliphatic heterocycles. The second kappa shape index (κ2) is 4.81. The molecule has 3 nitrogen and oxygen atoms in total. The van der Waals surface area contributed by atoms with Gasteiger partial charge in [0.1, 0.15) is 0 Å². The highest BCUT2D eigenvalue weighted by Gasteiger charge is 1.96. The third kappa shape index (κ3) is 7.97. The van der Waals surface area contributed by atoms with Crippen molar-refractivity contribution in [3.05, 3.63) is 0 Å². The molecule has 9 heavy (non-hydrogen) atoms. The monoisotopic (exact) mass is 167 g/mol. The summed E-state index contributed by atoms with van der Waals surface area (Å²) in [6.07, 6.45) is -0.992. The molecule has 1 amide bonds. The minimum Gasteiger partial charge on any atom is -0.464 e. The normalized spacial score (nSPS) is 9.67. The Bertz CT molecular complexity index is 96.6. The van der Waals surface area contributed by atoms with Gasteiger partial charge in [0.15, 0.2) is 0 Å². The molecular weight excluding hydrogens is 158 g/mol. The van der Waals surface area contributed by atoms with Crippen LogP contribution in [0, 0.1) is 0 Å². The van der Waals surface area contributed by atoms with Gasteiger partial charge in [-0.1, -0.05) is 24.6 Å². The smallest absolute Gasteiger partial charge is 0.415 e. The second-order valence-electron chi connectivity index (χ2n) is 1.64.